The molecule has 0 aromatic heterocycles. The van der Waals surface area contributed by atoms with Crippen molar-refractivity contribution in [3.63, 3.8) is 0 Å². The Morgan fingerprint density at radius 1 is 1.11 bits per heavy atom. The molecule has 0 spiro atoms. The zero-order chi connectivity index (χ0) is 7.28. The van der Waals surface area contributed by atoms with Crippen LogP contribution in [-0.4, -0.2) is 0 Å². The molecular formula is C9H15. The molecular weight excluding hydrogens is 108 g/mol. The van der Waals surface area contributed by atoms with E-state index in [-0.39, 0.29) is 0 Å². The van der Waals surface area contributed by atoms with Gasteiger partial charge in [-0.3, -0.25) is 0 Å². The Hall–Kier alpha value is -0.520. The Balaban J connectivity index is 3.10. The van der Waals surface area contributed by atoms with Crippen LogP contribution in [0.25, 0.3) is 0 Å². The third kappa shape index (κ3) is 7.48. The Labute approximate surface area is 58.3 Å². The van der Waals surface area contributed by atoms with Crippen molar-refractivity contribution >= 4 is 0 Å². The van der Waals surface area contributed by atoms with E-state index < -0.39 is 0 Å². The minimum absolute atomic E-state index is 1.02. The first-order valence-electron chi connectivity index (χ1n) is 3.23. The van der Waals surface area contributed by atoms with Crippen LogP contribution in [0.1, 0.15) is 26.7 Å². The fourth-order valence-electron chi connectivity index (χ4n) is 0.565. The molecule has 0 aromatic rings. The molecule has 0 saturated heterocycles. The summed E-state index contributed by atoms with van der Waals surface area (Å²) >= 11 is 0. The summed E-state index contributed by atoms with van der Waals surface area (Å²) in [5.41, 5.74) is 2.44. The van der Waals surface area contributed by atoms with Crippen molar-refractivity contribution in [1.82, 2.24) is 0 Å². The van der Waals surface area contributed by atoms with Crippen LogP contribution in [0.2, 0.25) is 0 Å². The molecule has 0 amide bonds. The van der Waals surface area contributed by atoms with Gasteiger partial charge in [0.2, 0.25) is 0 Å². The van der Waals surface area contributed by atoms with Crippen LogP contribution in [0.3, 0.4) is 0 Å². The van der Waals surface area contributed by atoms with E-state index in [0.29, 0.717) is 0 Å². The van der Waals surface area contributed by atoms with Crippen LogP contribution in [-0.2, 0) is 0 Å². The SMILES string of the molecule is C=C(C)C[CH]CC(=C)C. The topological polar surface area (TPSA) is 0 Å². The first kappa shape index (κ1) is 8.48. The van der Waals surface area contributed by atoms with Gasteiger partial charge >= 0.3 is 0 Å². The van der Waals surface area contributed by atoms with Crippen LogP contribution >= 0.6 is 0 Å². The lowest BCUT2D eigenvalue weighted by Crippen LogP contribution is -1.78. The standard InChI is InChI=1S/C9H15/c1-8(2)6-5-7-9(3)4/h5H,1,3,6-7H2,2,4H3. The monoisotopic (exact) mass is 123 g/mol. The van der Waals surface area contributed by atoms with Crippen molar-refractivity contribution in [3.05, 3.63) is 30.7 Å². The molecule has 9 heavy (non-hydrogen) atoms. The van der Waals surface area contributed by atoms with E-state index in [4.69, 9.17) is 0 Å². The summed E-state index contributed by atoms with van der Waals surface area (Å²) in [6, 6.07) is 0. The summed E-state index contributed by atoms with van der Waals surface area (Å²) in [5, 5.41) is 0. The summed E-state index contributed by atoms with van der Waals surface area (Å²) < 4.78 is 0. The van der Waals surface area contributed by atoms with Gasteiger partial charge in [0.15, 0.2) is 0 Å². The zero-order valence-electron chi connectivity index (χ0n) is 6.41. The first-order chi connectivity index (χ1) is 4.13. The van der Waals surface area contributed by atoms with Crippen LogP contribution in [0.5, 0.6) is 0 Å². The number of rotatable bonds is 4. The van der Waals surface area contributed by atoms with Crippen molar-refractivity contribution < 1.29 is 0 Å². The fourth-order valence-corrected chi connectivity index (χ4v) is 0.565. The van der Waals surface area contributed by atoms with Gasteiger partial charge in [-0.05, 0) is 33.1 Å². The van der Waals surface area contributed by atoms with E-state index >= 15 is 0 Å². The molecule has 0 unspecified atom stereocenters. The predicted molar refractivity (Wildman–Crippen MR) is 43.2 cm³/mol. The maximum Gasteiger partial charge on any atom is -0.0291 e. The molecule has 0 bridgehead atoms. The first-order valence-corrected chi connectivity index (χ1v) is 3.23. The van der Waals surface area contributed by atoms with Crippen LogP contribution in [0.4, 0.5) is 0 Å². The second kappa shape index (κ2) is 4.37. The van der Waals surface area contributed by atoms with E-state index in [1.807, 2.05) is 13.8 Å². The lowest BCUT2D eigenvalue weighted by atomic mass is 10.1. The summed E-state index contributed by atoms with van der Waals surface area (Å²) in [5.74, 6) is 0. The number of allylic oxidation sites excluding steroid dienone is 2. The molecule has 0 nitrogen and oxygen atoms in total. The van der Waals surface area contributed by atoms with Crippen molar-refractivity contribution in [3.8, 4) is 0 Å². The van der Waals surface area contributed by atoms with Gasteiger partial charge in [-0.1, -0.05) is 11.1 Å². The Kier molecular flexibility index (Phi) is 4.12. The van der Waals surface area contributed by atoms with Gasteiger partial charge in [0.25, 0.3) is 0 Å². The highest BCUT2D eigenvalue weighted by atomic mass is 13.9. The van der Waals surface area contributed by atoms with E-state index in [9.17, 15) is 0 Å². The van der Waals surface area contributed by atoms with Gasteiger partial charge in [-0.2, -0.15) is 0 Å². The highest BCUT2D eigenvalue weighted by Crippen LogP contribution is 2.06. The molecule has 0 aliphatic rings. The molecule has 0 aliphatic carbocycles. The van der Waals surface area contributed by atoms with E-state index in [2.05, 4.69) is 19.6 Å². The van der Waals surface area contributed by atoms with Gasteiger partial charge in [0.05, 0.1) is 0 Å². The third-order valence-corrected chi connectivity index (χ3v) is 0.986. The largest absolute Gasteiger partial charge is 0.100 e. The highest BCUT2D eigenvalue weighted by molar-refractivity contribution is 5.00. The van der Waals surface area contributed by atoms with Crippen molar-refractivity contribution in [1.29, 1.82) is 0 Å². The second-order valence-corrected chi connectivity index (χ2v) is 2.61. The molecule has 0 N–H and O–H groups in total. The molecule has 0 rings (SSSR count). The zero-order valence-corrected chi connectivity index (χ0v) is 6.41. The Morgan fingerprint density at radius 2 is 1.44 bits per heavy atom. The predicted octanol–water partition coefficient (Wildman–Crippen LogP) is 3.12. The quantitative estimate of drug-likeness (QED) is 0.504. The number of hydrogen-bond donors (Lipinski definition) is 0. The lowest BCUT2D eigenvalue weighted by Gasteiger charge is -1.97. The molecule has 0 heterocycles. The van der Waals surface area contributed by atoms with E-state index in [1.165, 1.54) is 11.1 Å². The van der Waals surface area contributed by atoms with E-state index in [1.54, 1.807) is 0 Å². The molecule has 1 radical (unpaired) electrons. The second-order valence-electron chi connectivity index (χ2n) is 2.61. The van der Waals surface area contributed by atoms with Crippen LogP contribution in [0, 0.1) is 6.42 Å². The molecule has 0 fully saturated rings. The maximum atomic E-state index is 3.79. The fraction of sp³-hybridized carbons (Fsp3) is 0.444. The van der Waals surface area contributed by atoms with Crippen LogP contribution < -0.4 is 0 Å². The molecule has 51 valence electrons. The molecule has 0 saturated carbocycles. The number of hydrogen-bond acceptors (Lipinski definition) is 0. The molecule has 0 atom stereocenters. The van der Waals surface area contributed by atoms with Gasteiger partial charge in [-0.15, -0.1) is 13.2 Å². The maximum absolute atomic E-state index is 3.79. The molecule has 0 heteroatoms. The minimum Gasteiger partial charge on any atom is -0.100 e. The van der Waals surface area contributed by atoms with Crippen LogP contribution in [0.15, 0.2) is 24.3 Å². The average molecular weight is 123 g/mol. The van der Waals surface area contributed by atoms with Gasteiger partial charge in [0, 0.05) is 0 Å². The minimum atomic E-state index is 1.02. The molecule has 0 aliphatic heterocycles. The summed E-state index contributed by atoms with van der Waals surface area (Å²) in [6.45, 7) is 11.7. The summed E-state index contributed by atoms with van der Waals surface area (Å²) in [4.78, 5) is 0. The van der Waals surface area contributed by atoms with Gasteiger partial charge in [0.1, 0.15) is 0 Å². The Bertz CT molecular complexity index is 95.2. The van der Waals surface area contributed by atoms with Crippen molar-refractivity contribution in [2.75, 3.05) is 0 Å². The normalized spacial score (nSPS) is 9.11. The summed E-state index contributed by atoms with van der Waals surface area (Å²) in [6.07, 6.45) is 4.24. The van der Waals surface area contributed by atoms with Gasteiger partial charge < -0.3 is 0 Å². The smallest absolute Gasteiger partial charge is 0.0291 e. The molecule has 0 aromatic carbocycles. The third-order valence-electron chi connectivity index (χ3n) is 0.986. The lowest BCUT2D eigenvalue weighted by molar-refractivity contribution is 1.00. The highest BCUT2D eigenvalue weighted by Gasteiger charge is 1.88. The average Bonchev–Trinajstić information content (AvgIpc) is 1.63. The van der Waals surface area contributed by atoms with E-state index in [0.717, 1.165) is 12.8 Å². The van der Waals surface area contributed by atoms with Crippen molar-refractivity contribution in [2.24, 2.45) is 0 Å². The Morgan fingerprint density at radius 3 is 1.67 bits per heavy atom. The van der Waals surface area contributed by atoms with Gasteiger partial charge in [-0.25, -0.2) is 0 Å². The summed E-state index contributed by atoms with van der Waals surface area (Å²) in [7, 11) is 0. The van der Waals surface area contributed by atoms with Crippen molar-refractivity contribution in [2.45, 2.75) is 26.7 Å².